The van der Waals surface area contributed by atoms with E-state index >= 15 is 0 Å². The van der Waals surface area contributed by atoms with Crippen LogP contribution in [0.3, 0.4) is 0 Å². The average molecular weight is 324 g/mol. The van der Waals surface area contributed by atoms with Gasteiger partial charge in [-0.3, -0.25) is 9.89 Å². The predicted molar refractivity (Wildman–Crippen MR) is 90.3 cm³/mol. The molecule has 0 saturated heterocycles. The van der Waals surface area contributed by atoms with Crippen molar-refractivity contribution in [2.45, 2.75) is 6.42 Å². The van der Waals surface area contributed by atoms with E-state index in [1.807, 2.05) is 30.3 Å². The third-order valence-corrected chi connectivity index (χ3v) is 4.12. The minimum Gasteiger partial charge on any atom is -0.382 e. The fourth-order valence-corrected chi connectivity index (χ4v) is 2.96. The van der Waals surface area contributed by atoms with Gasteiger partial charge in [0.15, 0.2) is 5.82 Å². The van der Waals surface area contributed by atoms with Crippen LogP contribution < -0.4 is 11.1 Å². The van der Waals surface area contributed by atoms with Crippen molar-refractivity contribution in [1.29, 1.82) is 0 Å². The number of H-pyrrole nitrogens is 1. The van der Waals surface area contributed by atoms with Crippen molar-refractivity contribution in [3.63, 3.8) is 0 Å². The smallest absolute Gasteiger partial charge is 0.228 e. The van der Waals surface area contributed by atoms with Gasteiger partial charge in [0.2, 0.25) is 5.91 Å². The van der Waals surface area contributed by atoms with Crippen LogP contribution in [0, 0.1) is 0 Å². The van der Waals surface area contributed by atoms with Gasteiger partial charge in [0.25, 0.3) is 0 Å². The highest BCUT2D eigenvalue weighted by Crippen LogP contribution is 2.22. The third-order valence-electron chi connectivity index (χ3n) is 3.56. The Labute approximate surface area is 134 Å². The summed E-state index contributed by atoms with van der Waals surface area (Å²) in [7, 11) is 0. The topological polar surface area (TPSA) is 110 Å². The van der Waals surface area contributed by atoms with E-state index in [2.05, 4.69) is 24.3 Å². The molecule has 0 bridgehead atoms. The number of fused-ring (bicyclic) bond motifs is 2. The maximum Gasteiger partial charge on any atom is 0.228 e. The quantitative estimate of drug-likeness (QED) is 0.536. The zero-order valence-corrected chi connectivity index (χ0v) is 12.7. The molecule has 0 radical (unpaired) electrons. The molecule has 0 spiro atoms. The standard InChI is InChI=1S/C15H12N6OS/c16-15-10-7-9(2-4-11(10)18-19-15)17-14(22)6-8-1-3-12-13(5-8)21-23-20-12/h1-5,7H,6H2,(H,17,22)(H3,16,18,19). The molecule has 0 atom stereocenters. The molecule has 0 aliphatic rings. The molecule has 114 valence electrons. The highest BCUT2D eigenvalue weighted by molar-refractivity contribution is 7.00. The van der Waals surface area contributed by atoms with Gasteiger partial charge >= 0.3 is 0 Å². The van der Waals surface area contributed by atoms with Crippen molar-refractivity contribution < 1.29 is 4.79 Å². The van der Waals surface area contributed by atoms with Gasteiger partial charge in [-0.15, -0.1) is 0 Å². The van der Waals surface area contributed by atoms with Crippen LogP contribution in [0.15, 0.2) is 36.4 Å². The van der Waals surface area contributed by atoms with Crippen LogP contribution in [0.5, 0.6) is 0 Å². The Balaban J connectivity index is 1.52. The molecular weight excluding hydrogens is 312 g/mol. The zero-order chi connectivity index (χ0) is 15.8. The van der Waals surface area contributed by atoms with Gasteiger partial charge in [-0.25, -0.2) is 0 Å². The fourth-order valence-electron chi connectivity index (χ4n) is 2.44. The zero-order valence-electron chi connectivity index (χ0n) is 11.9. The maximum absolute atomic E-state index is 12.2. The average Bonchev–Trinajstić information content (AvgIpc) is 3.14. The summed E-state index contributed by atoms with van der Waals surface area (Å²) in [6, 6.07) is 11.1. The van der Waals surface area contributed by atoms with Gasteiger partial charge in [-0.05, 0) is 35.9 Å². The van der Waals surface area contributed by atoms with E-state index in [0.717, 1.165) is 27.5 Å². The molecule has 0 fully saturated rings. The van der Waals surface area contributed by atoms with E-state index in [-0.39, 0.29) is 12.3 Å². The van der Waals surface area contributed by atoms with Crippen molar-refractivity contribution in [3.05, 3.63) is 42.0 Å². The number of carbonyl (C=O) groups is 1. The number of carbonyl (C=O) groups excluding carboxylic acids is 1. The molecule has 1 amide bonds. The summed E-state index contributed by atoms with van der Waals surface area (Å²) >= 11 is 1.17. The first-order valence-electron chi connectivity index (χ1n) is 6.94. The third kappa shape index (κ3) is 2.59. The minimum atomic E-state index is -0.103. The summed E-state index contributed by atoms with van der Waals surface area (Å²) in [5.41, 5.74) is 9.85. The molecule has 0 aliphatic carbocycles. The number of nitrogen functional groups attached to an aromatic ring is 1. The molecule has 0 saturated carbocycles. The van der Waals surface area contributed by atoms with E-state index < -0.39 is 0 Å². The number of anilines is 2. The number of nitrogens with two attached hydrogens (primary N) is 1. The second kappa shape index (κ2) is 5.33. The summed E-state index contributed by atoms with van der Waals surface area (Å²) in [5, 5.41) is 10.4. The lowest BCUT2D eigenvalue weighted by atomic mass is 10.1. The molecule has 2 aromatic heterocycles. The predicted octanol–water partition coefficient (Wildman–Crippen LogP) is 2.33. The van der Waals surface area contributed by atoms with Crippen LogP contribution in [0.4, 0.5) is 11.5 Å². The number of nitrogens with one attached hydrogen (secondary N) is 2. The fraction of sp³-hybridized carbons (Fsp3) is 0.0667. The van der Waals surface area contributed by atoms with Crippen molar-refractivity contribution in [1.82, 2.24) is 18.9 Å². The minimum absolute atomic E-state index is 0.103. The van der Waals surface area contributed by atoms with Crippen LogP contribution >= 0.6 is 11.7 Å². The van der Waals surface area contributed by atoms with Crippen LogP contribution in [-0.4, -0.2) is 24.9 Å². The summed E-state index contributed by atoms with van der Waals surface area (Å²) in [6.07, 6.45) is 0.270. The Morgan fingerprint density at radius 3 is 2.96 bits per heavy atom. The number of aromatic nitrogens is 4. The number of amides is 1. The highest BCUT2D eigenvalue weighted by Gasteiger charge is 2.08. The molecule has 8 heteroatoms. The van der Waals surface area contributed by atoms with Crippen molar-refractivity contribution in [2.75, 3.05) is 11.1 Å². The molecule has 0 unspecified atom stereocenters. The van der Waals surface area contributed by atoms with Gasteiger partial charge in [-0.2, -0.15) is 13.8 Å². The van der Waals surface area contributed by atoms with Crippen LogP contribution in [0.25, 0.3) is 21.9 Å². The monoisotopic (exact) mass is 324 g/mol. The van der Waals surface area contributed by atoms with Crippen LogP contribution in [-0.2, 0) is 11.2 Å². The number of rotatable bonds is 3. The Morgan fingerprint density at radius 1 is 1.17 bits per heavy atom. The summed E-state index contributed by atoms with van der Waals surface area (Å²) in [5.74, 6) is 0.312. The molecule has 2 heterocycles. The van der Waals surface area contributed by atoms with E-state index in [0.29, 0.717) is 11.5 Å². The van der Waals surface area contributed by atoms with Gasteiger partial charge in [0, 0.05) is 11.1 Å². The molecular formula is C15H12N6OS. The van der Waals surface area contributed by atoms with E-state index in [9.17, 15) is 4.79 Å². The molecule has 23 heavy (non-hydrogen) atoms. The Bertz CT molecular complexity index is 1020. The SMILES string of the molecule is Nc1n[nH]c2ccc(NC(=O)Cc3ccc4nsnc4c3)cc12. The lowest BCUT2D eigenvalue weighted by Crippen LogP contribution is -2.14. The number of hydrogen-bond acceptors (Lipinski definition) is 6. The van der Waals surface area contributed by atoms with Gasteiger partial charge in [-0.1, -0.05) is 6.07 Å². The van der Waals surface area contributed by atoms with Crippen molar-refractivity contribution in [3.8, 4) is 0 Å². The number of aromatic amines is 1. The number of nitrogens with zero attached hydrogens (tertiary/aromatic N) is 3. The molecule has 7 nitrogen and oxygen atoms in total. The first-order valence-corrected chi connectivity index (χ1v) is 7.67. The number of benzene rings is 2. The molecule has 2 aromatic carbocycles. The summed E-state index contributed by atoms with van der Waals surface area (Å²) in [4.78, 5) is 12.2. The first-order chi connectivity index (χ1) is 11.2. The summed E-state index contributed by atoms with van der Waals surface area (Å²) < 4.78 is 8.33. The molecule has 0 aliphatic heterocycles. The van der Waals surface area contributed by atoms with Crippen molar-refractivity contribution in [2.24, 2.45) is 0 Å². The Kier molecular flexibility index (Phi) is 3.16. The maximum atomic E-state index is 12.2. The Hall–Kier alpha value is -3.00. The number of hydrogen-bond donors (Lipinski definition) is 3. The molecule has 4 rings (SSSR count). The van der Waals surface area contributed by atoms with Crippen molar-refractivity contribution >= 4 is 51.1 Å². The van der Waals surface area contributed by atoms with E-state index in [1.54, 1.807) is 6.07 Å². The highest BCUT2D eigenvalue weighted by atomic mass is 32.1. The van der Waals surface area contributed by atoms with E-state index in [1.165, 1.54) is 11.7 Å². The van der Waals surface area contributed by atoms with Crippen LogP contribution in [0.1, 0.15) is 5.56 Å². The van der Waals surface area contributed by atoms with Gasteiger partial charge in [0.1, 0.15) is 11.0 Å². The summed E-state index contributed by atoms with van der Waals surface area (Å²) in [6.45, 7) is 0. The van der Waals surface area contributed by atoms with Gasteiger partial charge in [0.05, 0.1) is 23.7 Å². The van der Waals surface area contributed by atoms with Crippen LogP contribution in [0.2, 0.25) is 0 Å². The second-order valence-electron chi connectivity index (χ2n) is 5.18. The first kappa shape index (κ1) is 13.6. The molecule has 4 N–H and O–H groups in total. The lowest BCUT2D eigenvalue weighted by molar-refractivity contribution is -0.115. The Morgan fingerprint density at radius 2 is 2.04 bits per heavy atom. The van der Waals surface area contributed by atoms with Gasteiger partial charge < -0.3 is 11.1 Å². The normalized spacial score (nSPS) is 11.1. The van der Waals surface area contributed by atoms with E-state index in [4.69, 9.17) is 5.73 Å². The lowest BCUT2D eigenvalue weighted by Gasteiger charge is -2.05. The largest absolute Gasteiger partial charge is 0.382 e. The second-order valence-corrected chi connectivity index (χ2v) is 5.71. The molecule has 4 aromatic rings.